The lowest BCUT2D eigenvalue weighted by Gasteiger charge is -2.15. The first kappa shape index (κ1) is 16.0. The lowest BCUT2D eigenvalue weighted by Crippen LogP contribution is -2.16. The molecule has 0 heterocycles. The molecule has 4 nitrogen and oxygen atoms in total. The monoisotopic (exact) mass is 277 g/mol. The molecule has 0 aliphatic carbocycles. The molecule has 1 rings (SSSR count). The van der Waals surface area contributed by atoms with Gasteiger partial charge in [0, 0.05) is 32.7 Å². The van der Waals surface area contributed by atoms with Crippen molar-refractivity contribution in [1.29, 1.82) is 0 Å². The van der Waals surface area contributed by atoms with Crippen LogP contribution in [-0.4, -0.2) is 26.5 Å². The smallest absolute Gasteiger partial charge is 0.225 e. The van der Waals surface area contributed by atoms with Gasteiger partial charge in [0.2, 0.25) is 5.91 Å². The average Bonchev–Trinajstić information content (AvgIpc) is 2.17. The SMILES string of the molecule is CN(C)c1ccc(NC(=O)CCN)cc1Cl.Cl. The molecule has 17 heavy (non-hydrogen) atoms. The van der Waals surface area contributed by atoms with Crippen molar-refractivity contribution in [2.24, 2.45) is 5.73 Å². The van der Waals surface area contributed by atoms with E-state index in [2.05, 4.69) is 5.32 Å². The molecule has 0 aromatic heterocycles. The first-order valence-electron chi connectivity index (χ1n) is 5.01. The highest BCUT2D eigenvalue weighted by atomic mass is 35.5. The minimum Gasteiger partial charge on any atom is -0.376 e. The summed E-state index contributed by atoms with van der Waals surface area (Å²) in [6.45, 7) is 0.343. The molecule has 0 atom stereocenters. The number of carbonyl (C=O) groups is 1. The molecule has 0 radical (unpaired) electrons. The number of halogens is 2. The minimum absolute atomic E-state index is 0. The zero-order valence-electron chi connectivity index (χ0n) is 9.87. The topological polar surface area (TPSA) is 58.4 Å². The van der Waals surface area contributed by atoms with Crippen molar-refractivity contribution in [3.8, 4) is 0 Å². The number of anilines is 2. The van der Waals surface area contributed by atoms with E-state index in [4.69, 9.17) is 17.3 Å². The fraction of sp³-hybridized carbons (Fsp3) is 0.364. The molecule has 0 bridgehead atoms. The van der Waals surface area contributed by atoms with Gasteiger partial charge in [-0.15, -0.1) is 12.4 Å². The van der Waals surface area contributed by atoms with E-state index in [1.165, 1.54) is 0 Å². The van der Waals surface area contributed by atoms with Crippen LogP contribution in [0.4, 0.5) is 11.4 Å². The first-order valence-corrected chi connectivity index (χ1v) is 5.39. The van der Waals surface area contributed by atoms with Gasteiger partial charge in [0.15, 0.2) is 0 Å². The third kappa shape index (κ3) is 4.81. The number of nitrogens with two attached hydrogens (primary N) is 1. The Hall–Kier alpha value is -0.970. The molecular weight excluding hydrogens is 261 g/mol. The van der Waals surface area contributed by atoms with Gasteiger partial charge in [-0.3, -0.25) is 4.79 Å². The van der Waals surface area contributed by atoms with Gasteiger partial charge in [-0.25, -0.2) is 0 Å². The average molecular weight is 278 g/mol. The Morgan fingerprint density at radius 2 is 2.12 bits per heavy atom. The molecule has 0 spiro atoms. The summed E-state index contributed by atoms with van der Waals surface area (Å²) in [5, 5.41) is 3.33. The zero-order valence-corrected chi connectivity index (χ0v) is 11.4. The van der Waals surface area contributed by atoms with E-state index < -0.39 is 0 Å². The van der Waals surface area contributed by atoms with E-state index >= 15 is 0 Å². The summed E-state index contributed by atoms with van der Waals surface area (Å²) in [7, 11) is 3.82. The van der Waals surface area contributed by atoms with Gasteiger partial charge < -0.3 is 16.0 Å². The summed E-state index contributed by atoms with van der Waals surface area (Å²) in [6.07, 6.45) is 0.313. The zero-order chi connectivity index (χ0) is 12.1. The molecule has 6 heteroatoms. The lowest BCUT2D eigenvalue weighted by molar-refractivity contribution is -0.116. The fourth-order valence-electron chi connectivity index (χ4n) is 1.30. The van der Waals surface area contributed by atoms with Gasteiger partial charge in [-0.2, -0.15) is 0 Å². The summed E-state index contributed by atoms with van der Waals surface area (Å²) < 4.78 is 0. The molecular formula is C11H17Cl2N3O. The Kier molecular flexibility index (Phi) is 6.95. The fourth-order valence-corrected chi connectivity index (χ4v) is 1.65. The second-order valence-corrected chi connectivity index (χ2v) is 4.05. The first-order chi connectivity index (χ1) is 7.54. The summed E-state index contributed by atoms with van der Waals surface area (Å²) in [5.74, 6) is -0.101. The predicted octanol–water partition coefficient (Wildman–Crippen LogP) is 2.12. The van der Waals surface area contributed by atoms with Crippen LogP contribution >= 0.6 is 24.0 Å². The largest absolute Gasteiger partial charge is 0.376 e. The van der Waals surface area contributed by atoms with Crippen LogP contribution in [0.3, 0.4) is 0 Å². The van der Waals surface area contributed by atoms with Crippen molar-refractivity contribution in [1.82, 2.24) is 0 Å². The van der Waals surface area contributed by atoms with Crippen LogP contribution in [0.25, 0.3) is 0 Å². The van der Waals surface area contributed by atoms with Gasteiger partial charge in [0.25, 0.3) is 0 Å². The van der Waals surface area contributed by atoms with Gasteiger partial charge >= 0.3 is 0 Å². The molecule has 0 saturated carbocycles. The van der Waals surface area contributed by atoms with Crippen LogP contribution in [-0.2, 0) is 4.79 Å². The predicted molar refractivity (Wildman–Crippen MR) is 75.3 cm³/mol. The summed E-state index contributed by atoms with van der Waals surface area (Å²) in [4.78, 5) is 13.2. The van der Waals surface area contributed by atoms with E-state index in [0.29, 0.717) is 23.7 Å². The van der Waals surface area contributed by atoms with Crippen LogP contribution in [0, 0.1) is 0 Å². The van der Waals surface area contributed by atoms with E-state index in [0.717, 1.165) is 5.69 Å². The number of nitrogens with one attached hydrogen (secondary N) is 1. The third-order valence-corrected chi connectivity index (χ3v) is 2.39. The Morgan fingerprint density at radius 3 is 2.59 bits per heavy atom. The molecule has 0 aliphatic rings. The summed E-state index contributed by atoms with van der Waals surface area (Å²) in [6, 6.07) is 5.40. The van der Waals surface area contributed by atoms with Crippen molar-refractivity contribution in [3.05, 3.63) is 23.2 Å². The maximum Gasteiger partial charge on any atom is 0.225 e. The lowest BCUT2D eigenvalue weighted by atomic mass is 10.2. The Balaban J connectivity index is 0.00000256. The van der Waals surface area contributed by atoms with Gasteiger partial charge in [-0.05, 0) is 18.2 Å². The molecule has 1 aromatic carbocycles. The molecule has 96 valence electrons. The van der Waals surface area contributed by atoms with Gasteiger partial charge in [0.1, 0.15) is 0 Å². The van der Waals surface area contributed by atoms with Gasteiger partial charge in [0.05, 0.1) is 10.7 Å². The Bertz CT molecular complexity index is 383. The van der Waals surface area contributed by atoms with E-state index in [9.17, 15) is 4.79 Å². The van der Waals surface area contributed by atoms with Crippen LogP contribution in [0.2, 0.25) is 5.02 Å². The molecule has 1 amide bonds. The number of hydrogen-bond donors (Lipinski definition) is 2. The highest BCUT2D eigenvalue weighted by molar-refractivity contribution is 6.33. The van der Waals surface area contributed by atoms with Crippen molar-refractivity contribution in [2.45, 2.75) is 6.42 Å². The van der Waals surface area contributed by atoms with Crippen molar-refractivity contribution < 1.29 is 4.79 Å². The van der Waals surface area contributed by atoms with E-state index in [1.54, 1.807) is 6.07 Å². The number of carbonyl (C=O) groups excluding carboxylic acids is 1. The van der Waals surface area contributed by atoms with Crippen molar-refractivity contribution >= 4 is 41.3 Å². The maximum absolute atomic E-state index is 11.3. The second-order valence-electron chi connectivity index (χ2n) is 3.65. The molecule has 0 fully saturated rings. The molecule has 1 aromatic rings. The Morgan fingerprint density at radius 1 is 1.47 bits per heavy atom. The van der Waals surface area contributed by atoms with Crippen LogP contribution in [0.1, 0.15) is 6.42 Å². The number of amides is 1. The Labute approximate surface area is 113 Å². The number of nitrogens with zero attached hydrogens (tertiary/aromatic N) is 1. The number of rotatable bonds is 4. The van der Waals surface area contributed by atoms with E-state index in [1.807, 2.05) is 31.1 Å². The molecule has 0 saturated heterocycles. The quantitative estimate of drug-likeness (QED) is 0.887. The van der Waals surface area contributed by atoms with Crippen molar-refractivity contribution in [3.63, 3.8) is 0 Å². The van der Waals surface area contributed by atoms with Crippen LogP contribution in [0.5, 0.6) is 0 Å². The highest BCUT2D eigenvalue weighted by Crippen LogP contribution is 2.27. The number of benzene rings is 1. The van der Waals surface area contributed by atoms with Crippen molar-refractivity contribution in [2.75, 3.05) is 30.9 Å². The molecule has 0 unspecified atom stereocenters. The standard InChI is InChI=1S/C11H16ClN3O.ClH/c1-15(2)10-4-3-8(7-9(10)12)14-11(16)5-6-13;/h3-4,7H,5-6,13H2,1-2H3,(H,14,16);1H. The third-order valence-electron chi connectivity index (χ3n) is 2.08. The highest BCUT2D eigenvalue weighted by Gasteiger charge is 2.05. The van der Waals surface area contributed by atoms with Crippen LogP contribution < -0.4 is 16.0 Å². The number of hydrogen-bond acceptors (Lipinski definition) is 3. The second kappa shape index (κ2) is 7.37. The molecule has 3 N–H and O–H groups in total. The van der Waals surface area contributed by atoms with Gasteiger partial charge in [-0.1, -0.05) is 11.6 Å². The minimum atomic E-state index is -0.101. The maximum atomic E-state index is 11.3. The van der Waals surface area contributed by atoms with E-state index in [-0.39, 0.29) is 18.3 Å². The van der Waals surface area contributed by atoms with Crippen LogP contribution in [0.15, 0.2) is 18.2 Å². The summed E-state index contributed by atoms with van der Waals surface area (Å²) >= 11 is 6.07. The molecule has 0 aliphatic heterocycles. The normalized spacial score (nSPS) is 9.41. The summed E-state index contributed by atoms with van der Waals surface area (Å²) in [5.41, 5.74) is 6.89.